The van der Waals surface area contributed by atoms with Gasteiger partial charge < -0.3 is 21.1 Å². The summed E-state index contributed by atoms with van der Waals surface area (Å²) in [5.41, 5.74) is 0.790. The first-order valence-electron chi connectivity index (χ1n) is 11.8. The maximum Gasteiger partial charge on any atom is 0.233 e. The van der Waals surface area contributed by atoms with E-state index in [-0.39, 0.29) is 5.75 Å². The van der Waals surface area contributed by atoms with Gasteiger partial charge in [0.1, 0.15) is 5.75 Å². The molecule has 4 N–H and O–H groups in total. The zero-order valence-corrected chi connectivity index (χ0v) is 20.4. The van der Waals surface area contributed by atoms with Crippen molar-refractivity contribution in [2.45, 2.75) is 57.9 Å². The number of halogens is 1. The van der Waals surface area contributed by atoms with Crippen LogP contribution in [0.4, 0.5) is 23.5 Å². The summed E-state index contributed by atoms with van der Waals surface area (Å²) in [5.74, 6) is 2.52. The fraction of sp³-hybridized carbons (Fsp3) is 0.609. The first-order chi connectivity index (χ1) is 15.6. The first-order valence-corrected chi connectivity index (χ1v) is 12.6. The average Bonchev–Trinajstić information content (AvgIpc) is 3.27. The molecule has 1 aliphatic heterocycles. The van der Waals surface area contributed by atoms with Crippen molar-refractivity contribution in [1.82, 2.24) is 19.9 Å². The van der Waals surface area contributed by atoms with Crippen molar-refractivity contribution in [3.63, 3.8) is 0 Å². The Bertz CT molecular complexity index is 891. The van der Waals surface area contributed by atoms with Crippen LogP contribution >= 0.6 is 15.9 Å². The maximum atomic E-state index is 9.77. The van der Waals surface area contributed by atoms with Crippen molar-refractivity contribution in [2.24, 2.45) is 5.92 Å². The lowest BCUT2D eigenvalue weighted by atomic mass is 9.89. The van der Waals surface area contributed by atoms with Crippen LogP contribution in [0.15, 0.2) is 22.7 Å². The molecule has 1 unspecified atom stereocenters. The topological polar surface area (TPSA) is 98.2 Å². The molecule has 1 saturated carbocycles. The summed E-state index contributed by atoms with van der Waals surface area (Å²) >= 11 is 3.36. The highest BCUT2D eigenvalue weighted by molar-refractivity contribution is 9.10. The van der Waals surface area contributed by atoms with E-state index < -0.39 is 0 Å². The molecule has 8 nitrogen and oxygen atoms in total. The van der Waals surface area contributed by atoms with E-state index in [1.807, 2.05) is 0 Å². The van der Waals surface area contributed by atoms with Gasteiger partial charge in [0.15, 0.2) is 0 Å². The quantitative estimate of drug-likeness (QED) is 0.356. The molecule has 0 spiro atoms. The van der Waals surface area contributed by atoms with E-state index in [0.717, 1.165) is 31.9 Å². The number of nitrogens with zero attached hydrogens (tertiary/aromatic N) is 4. The number of hydrogen-bond acceptors (Lipinski definition) is 8. The van der Waals surface area contributed by atoms with Gasteiger partial charge in [-0.15, -0.1) is 0 Å². The maximum absolute atomic E-state index is 9.77. The molecule has 1 saturated heterocycles. The Labute approximate surface area is 198 Å². The Morgan fingerprint density at radius 1 is 0.969 bits per heavy atom. The van der Waals surface area contributed by atoms with Gasteiger partial charge in [-0.25, -0.2) is 0 Å². The standard InChI is InChI=1S/C23H34BrN7O/c1-2-31-12-6-9-18(31)15-26-22-28-21(25-14-16-7-4-3-5-8-16)29-23(30-22)27-17-10-11-20(32)19(24)13-17/h10-11,13,16,18,32H,2-9,12,14-15H2,1H3,(H3,25,26,27,28,29,30). The molecular weight excluding hydrogens is 470 g/mol. The molecule has 0 amide bonds. The largest absolute Gasteiger partial charge is 0.507 e. The lowest BCUT2D eigenvalue weighted by molar-refractivity contribution is 0.277. The molecule has 1 atom stereocenters. The second kappa shape index (κ2) is 11.1. The van der Waals surface area contributed by atoms with Gasteiger partial charge in [-0.1, -0.05) is 26.2 Å². The monoisotopic (exact) mass is 503 g/mol. The number of rotatable bonds is 9. The molecule has 1 aromatic heterocycles. The van der Waals surface area contributed by atoms with Crippen molar-refractivity contribution in [3.8, 4) is 5.75 Å². The fourth-order valence-electron chi connectivity index (χ4n) is 4.68. The van der Waals surface area contributed by atoms with Crippen LogP contribution in [0.1, 0.15) is 51.9 Å². The minimum Gasteiger partial charge on any atom is -0.507 e. The van der Waals surface area contributed by atoms with Gasteiger partial charge >= 0.3 is 0 Å². The number of likely N-dealkylation sites (N-methyl/N-ethyl adjacent to an activating group) is 1. The van der Waals surface area contributed by atoms with Gasteiger partial charge in [0.2, 0.25) is 17.8 Å². The van der Waals surface area contributed by atoms with Crippen molar-refractivity contribution in [3.05, 3.63) is 22.7 Å². The van der Waals surface area contributed by atoms with Crippen LogP contribution in [0.5, 0.6) is 5.75 Å². The summed E-state index contributed by atoms with van der Waals surface area (Å²) in [4.78, 5) is 16.4. The van der Waals surface area contributed by atoms with Crippen LogP contribution in [-0.4, -0.2) is 57.2 Å². The number of nitrogens with one attached hydrogen (secondary N) is 3. The van der Waals surface area contributed by atoms with Gasteiger partial charge in [-0.3, -0.25) is 4.90 Å². The van der Waals surface area contributed by atoms with Crippen LogP contribution in [-0.2, 0) is 0 Å². The highest BCUT2D eigenvalue weighted by atomic mass is 79.9. The zero-order valence-electron chi connectivity index (χ0n) is 18.8. The molecule has 1 aliphatic carbocycles. The Kier molecular flexibility index (Phi) is 8.02. The predicted molar refractivity (Wildman–Crippen MR) is 133 cm³/mol. The molecular formula is C23H34BrN7O. The Hall–Kier alpha value is -2.13. The first kappa shape index (κ1) is 23.0. The number of benzene rings is 1. The van der Waals surface area contributed by atoms with Gasteiger partial charge in [0, 0.05) is 24.8 Å². The summed E-state index contributed by atoms with van der Waals surface area (Å²) in [6.45, 7) is 6.16. The van der Waals surface area contributed by atoms with E-state index in [9.17, 15) is 5.11 Å². The van der Waals surface area contributed by atoms with Crippen LogP contribution < -0.4 is 16.0 Å². The lowest BCUT2D eigenvalue weighted by Crippen LogP contribution is -2.35. The number of likely N-dealkylation sites (tertiary alicyclic amines) is 1. The van der Waals surface area contributed by atoms with Gasteiger partial charge in [0.05, 0.1) is 4.47 Å². The molecule has 0 bridgehead atoms. The van der Waals surface area contributed by atoms with E-state index in [0.29, 0.717) is 34.3 Å². The Morgan fingerprint density at radius 2 is 1.69 bits per heavy atom. The van der Waals surface area contributed by atoms with Crippen LogP contribution in [0.25, 0.3) is 0 Å². The number of aromatic hydroxyl groups is 1. The molecule has 1 aromatic carbocycles. The third kappa shape index (κ3) is 6.22. The zero-order chi connectivity index (χ0) is 22.3. The van der Waals surface area contributed by atoms with Crippen LogP contribution in [0.3, 0.4) is 0 Å². The second-order valence-electron chi connectivity index (χ2n) is 8.79. The van der Waals surface area contributed by atoms with E-state index >= 15 is 0 Å². The fourth-order valence-corrected chi connectivity index (χ4v) is 5.06. The van der Waals surface area contributed by atoms with Gasteiger partial charge in [0.25, 0.3) is 0 Å². The van der Waals surface area contributed by atoms with Crippen molar-refractivity contribution in [1.29, 1.82) is 0 Å². The number of anilines is 4. The molecule has 2 fully saturated rings. The summed E-state index contributed by atoms with van der Waals surface area (Å²) in [5, 5.41) is 19.9. The van der Waals surface area contributed by atoms with Crippen LogP contribution in [0, 0.1) is 5.92 Å². The summed E-state index contributed by atoms with van der Waals surface area (Å²) in [6.07, 6.45) is 8.96. The number of hydrogen-bond donors (Lipinski definition) is 4. The van der Waals surface area contributed by atoms with Gasteiger partial charge in [-0.05, 0) is 78.8 Å². The minimum atomic E-state index is 0.195. The SMILES string of the molecule is CCN1CCCC1CNc1nc(NCC2CCCCC2)nc(Nc2ccc(O)c(Br)c2)n1. The Balaban J connectivity index is 1.47. The second-order valence-corrected chi connectivity index (χ2v) is 9.64. The minimum absolute atomic E-state index is 0.195. The lowest BCUT2D eigenvalue weighted by Gasteiger charge is -2.23. The smallest absolute Gasteiger partial charge is 0.233 e. The molecule has 2 aromatic rings. The Morgan fingerprint density at radius 3 is 2.41 bits per heavy atom. The predicted octanol–water partition coefficient (Wildman–Crippen LogP) is 4.97. The molecule has 9 heteroatoms. The molecule has 174 valence electrons. The third-order valence-corrected chi connectivity index (χ3v) is 7.15. The molecule has 0 radical (unpaired) electrons. The van der Waals surface area contributed by atoms with Crippen LogP contribution in [0.2, 0.25) is 0 Å². The van der Waals surface area contributed by atoms with Gasteiger partial charge in [-0.2, -0.15) is 15.0 Å². The van der Waals surface area contributed by atoms with Crippen molar-refractivity contribution >= 4 is 39.5 Å². The normalized spacial score (nSPS) is 19.8. The molecule has 4 rings (SSSR count). The van der Waals surface area contributed by atoms with E-state index in [4.69, 9.17) is 0 Å². The number of phenols is 1. The molecule has 32 heavy (non-hydrogen) atoms. The molecule has 2 aliphatic rings. The molecule has 2 heterocycles. The number of phenolic OH excluding ortho intramolecular Hbond substituents is 1. The highest BCUT2D eigenvalue weighted by Gasteiger charge is 2.23. The summed E-state index contributed by atoms with van der Waals surface area (Å²) in [6, 6.07) is 5.75. The number of aromatic nitrogens is 3. The van der Waals surface area contributed by atoms with E-state index in [2.05, 4.69) is 58.7 Å². The third-order valence-electron chi connectivity index (χ3n) is 6.51. The van der Waals surface area contributed by atoms with E-state index in [1.54, 1.807) is 18.2 Å². The summed E-state index contributed by atoms with van der Waals surface area (Å²) in [7, 11) is 0. The van der Waals surface area contributed by atoms with Crippen molar-refractivity contribution in [2.75, 3.05) is 42.1 Å². The highest BCUT2D eigenvalue weighted by Crippen LogP contribution is 2.28. The average molecular weight is 504 g/mol. The summed E-state index contributed by atoms with van der Waals surface area (Å²) < 4.78 is 0.617. The van der Waals surface area contributed by atoms with E-state index in [1.165, 1.54) is 44.9 Å². The van der Waals surface area contributed by atoms with Crippen molar-refractivity contribution < 1.29 is 5.11 Å².